The highest BCUT2D eigenvalue weighted by Crippen LogP contribution is 2.33. The van der Waals surface area contributed by atoms with Crippen LogP contribution in [-0.4, -0.2) is 34.7 Å². The molecule has 0 amide bonds. The number of hydrogen-bond donors (Lipinski definition) is 1. The largest absolute Gasteiger partial charge is 0.497 e. The molecule has 1 saturated heterocycles. The minimum absolute atomic E-state index is 0.0728. The molecule has 1 aromatic heterocycles. The van der Waals surface area contributed by atoms with Crippen LogP contribution >= 0.6 is 0 Å². The van der Waals surface area contributed by atoms with Crippen molar-refractivity contribution in [1.29, 1.82) is 0 Å². The zero-order valence-electron chi connectivity index (χ0n) is 12.4. The standard InChI is InChI=1S/C17H19FN2O2/c1-22-16-6-7-19-14(8-16)10-20-11-15(21)9-17(20)12-2-4-13(18)5-3-12/h2-8,15,17,21H,9-11H2,1H3/t15-,17+/m0/s1. The van der Waals surface area contributed by atoms with Crippen molar-refractivity contribution in [2.24, 2.45) is 0 Å². The van der Waals surface area contributed by atoms with Gasteiger partial charge in [0.2, 0.25) is 0 Å². The Morgan fingerprint density at radius 3 is 2.82 bits per heavy atom. The summed E-state index contributed by atoms with van der Waals surface area (Å²) in [6.07, 6.45) is 1.99. The summed E-state index contributed by atoms with van der Waals surface area (Å²) in [6, 6.07) is 10.3. The van der Waals surface area contributed by atoms with E-state index in [0.29, 0.717) is 19.5 Å². The summed E-state index contributed by atoms with van der Waals surface area (Å²) in [5.74, 6) is 0.520. The average Bonchev–Trinajstić information content (AvgIpc) is 2.89. The Balaban J connectivity index is 1.79. The molecule has 22 heavy (non-hydrogen) atoms. The SMILES string of the molecule is COc1ccnc(CN2C[C@@H](O)C[C@@H]2c2ccc(F)cc2)c1. The Bertz CT molecular complexity index is 633. The summed E-state index contributed by atoms with van der Waals surface area (Å²) in [4.78, 5) is 6.52. The maximum Gasteiger partial charge on any atom is 0.123 e. The fourth-order valence-corrected chi connectivity index (χ4v) is 2.96. The number of benzene rings is 1. The van der Waals surface area contributed by atoms with Crippen LogP contribution in [0, 0.1) is 5.82 Å². The minimum atomic E-state index is -0.374. The van der Waals surface area contributed by atoms with Crippen LogP contribution in [0.4, 0.5) is 4.39 Å². The number of nitrogens with zero attached hydrogens (tertiary/aromatic N) is 2. The van der Waals surface area contributed by atoms with Crippen molar-refractivity contribution in [1.82, 2.24) is 9.88 Å². The highest BCUT2D eigenvalue weighted by molar-refractivity contribution is 5.24. The summed E-state index contributed by atoms with van der Waals surface area (Å²) >= 11 is 0. The lowest BCUT2D eigenvalue weighted by molar-refractivity contribution is 0.172. The average molecular weight is 302 g/mol. The predicted molar refractivity (Wildman–Crippen MR) is 81.0 cm³/mol. The molecule has 2 heterocycles. The topological polar surface area (TPSA) is 45.6 Å². The second kappa shape index (κ2) is 6.42. The van der Waals surface area contributed by atoms with Gasteiger partial charge in [-0.25, -0.2) is 4.39 Å². The van der Waals surface area contributed by atoms with Crippen LogP contribution in [0.25, 0.3) is 0 Å². The van der Waals surface area contributed by atoms with Crippen LogP contribution in [0.15, 0.2) is 42.6 Å². The minimum Gasteiger partial charge on any atom is -0.497 e. The summed E-state index contributed by atoms with van der Waals surface area (Å²) < 4.78 is 18.3. The molecule has 0 saturated carbocycles. The Morgan fingerprint density at radius 1 is 1.32 bits per heavy atom. The van der Waals surface area contributed by atoms with E-state index in [2.05, 4.69) is 9.88 Å². The molecule has 0 unspecified atom stereocenters. The second-order valence-electron chi connectivity index (χ2n) is 5.57. The van der Waals surface area contributed by atoms with E-state index in [1.807, 2.05) is 6.07 Å². The van der Waals surface area contributed by atoms with Crippen LogP contribution in [-0.2, 0) is 6.54 Å². The van der Waals surface area contributed by atoms with Gasteiger partial charge >= 0.3 is 0 Å². The third-order valence-electron chi connectivity index (χ3n) is 4.02. The van der Waals surface area contributed by atoms with Crippen molar-refractivity contribution in [2.45, 2.75) is 25.1 Å². The highest BCUT2D eigenvalue weighted by atomic mass is 19.1. The molecular weight excluding hydrogens is 283 g/mol. The monoisotopic (exact) mass is 302 g/mol. The number of hydrogen-bond acceptors (Lipinski definition) is 4. The molecule has 0 spiro atoms. The van der Waals surface area contributed by atoms with Crippen molar-refractivity contribution in [3.8, 4) is 5.75 Å². The van der Waals surface area contributed by atoms with Crippen molar-refractivity contribution in [3.05, 3.63) is 59.7 Å². The maximum absolute atomic E-state index is 13.1. The number of aliphatic hydroxyl groups is 1. The first-order chi connectivity index (χ1) is 10.7. The molecule has 1 aliphatic heterocycles. The summed E-state index contributed by atoms with van der Waals surface area (Å²) in [6.45, 7) is 1.21. The number of β-amino-alcohol motifs (C(OH)–C–C–N with tert-alkyl or cyclic N) is 1. The molecule has 0 radical (unpaired) electrons. The van der Waals surface area contributed by atoms with E-state index in [0.717, 1.165) is 17.0 Å². The van der Waals surface area contributed by atoms with Gasteiger partial charge in [0.15, 0.2) is 0 Å². The van der Waals surface area contributed by atoms with E-state index in [1.54, 1.807) is 31.5 Å². The van der Waals surface area contributed by atoms with E-state index in [1.165, 1.54) is 12.1 Å². The van der Waals surface area contributed by atoms with Gasteiger partial charge in [0.05, 0.1) is 18.9 Å². The first-order valence-corrected chi connectivity index (χ1v) is 7.32. The van der Waals surface area contributed by atoms with Crippen LogP contribution in [0.5, 0.6) is 5.75 Å². The molecule has 4 nitrogen and oxygen atoms in total. The van der Waals surface area contributed by atoms with E-state index < -0.39 is 0 Å². The molecule has 5 heteroatoms. The Labute approximate surface area is 129 Å². The molecule has 116 valence electrons. The van der Waals surface area contributed by atoms with Gasteiger partial charge in [0.1, 0.15) is 11.6 Å². The van der Waals surface area contributed by atoms with Crippen LogP contribution in [0.3, 0.4) is 0 Å². The normalized spacial score (nSPS) is 22.0. The fraction of sp³-hybridized carbons (Fsp3) is 0.353. The third-order valence-corrected chi connectivity index (χ3v) is 4.02. The lowest BCUT2D eigenvalue weighted by Gasteiger charge is -2.24. The first kappa shape index (κ1) is 14.9. The quantitative estimate of drug-likeness (QED) is 0.943. The summed E-state index contributed by atoms with van der Waals surface area (Å²) in [5.41, 5.74) is 1.90. The molecule has 0 aliphatic carbocycles. The molecule has 1 fully saturated rings. The second-order valence-corrected chi connectivity index (χ2v) is 5.57. The van der Waals surface area contributed by atoms with Crippen molar-refractivity contribution in [3.63, 3.8) is 0 Å². The van der Waals surface area contributed by atoms with E-state index in [-0.39, 0.29) is 18.0 Å². The van der Waals surface area contributed by atoms with Gasteiger partial charge in [-0.3, -0.25) is 9.88 Å². The Hall–Kier alpha value is -1.98. The fourth-order valence-electron chi connectivity index (χ4n) is 2.96. The molecule has 1 aliphatic rings. The number of aromatic nitrogens is 1. The summed E-state index contributed by atoms with van der Waals surface area (Å²) in [5, 5.41) is 10.0. The zero-order valence-corrected chi connectivity index (χ0v) is 12.4. The van der Waals surface area contributed by atoms with Crippen molar-refractivity contribution in [2.75, 3.05) is 13.7 Å². The summed E-state index contributed by atoms with van der Waals surface area (Å²) in [7, 11) is 1.63. The lowest BCUT2D eigenvalue weighted by Crippen LogP contribution is -2.24. The Morgan fingerprint density at radius 2 is 2.09 bits per heavy atom. The third kappa shape index (κ3) is 3.26. The molecule has 3 rings (SSSR count). The number of methoxy groups -OCH3 is 1. The van der Waals surface area contributed by atoms with Gasteiger partial charge in [-0.1, -0.05) is 12.1 Å². The molecular formula is C17H19FN2O2. The first-order valence-electron chi connectivity index (χ1n) is 7.32. The molecule has 2 aromatic rings. The van der Waals surface area contributed by atoms with Gasteiger partial charge in [-0.15, -0.1) is 0 Å². The van der Waals surface area contributed by atoms with Crippen LogP contribution < -0.4 is 4.74 Å². The van der Waals surface area contributed by atoms with E-state index in [9.17, 15) is 9.50 Å². The number of aliphatic hydroxyl groups excluding tert-OH is 1. The van der Waals surface area contributed by atoms with E-state index in [4.69, 9.17) is 4.74 Å². The molecule has 1 aromatic carbocycles. The van der Waals surface area contributed by atoms with Crippen LogP contribution in [0.2, 0.25) is 0 Å². The number of ether oxygens (including phenoxy) is 1. The number of halogens is 1. The smallest absolute Gasteiger partial charge is 0.123 e. The van der Waals surface area contributed by atoms with Gasteiger partial charge in [-0.2, -0.15) is 0 Å². The Kier molecular flexibility index (Phi) is 4.36. The number of pyridine rings is 1. The van der Waals surface area contributed by atoms with Gasteiger partial charge in [-0.05, 0) is 30.2 Å². The van der Waals surface area contributed by atoms with E-state index >= 15 is 0 Å². The maximum atomic E-state index is 13.1. The lowest BCUT2D eigenvalue weighted by atomic mass is 10.0. The van der Waals surface area contributed by atoms with Crippen molar-refractivity contribution < 1.29 is 14.2 Å². The van der Waals surface area contributed by atoms with Gasteiger partial charge < -0.3 is 9.84 Å². The number of rotatable bonds is 4. The number of likely N-dealkylation sites (tertiary alicyclic amines) is 1. The van der Waals surface area contributed by atoms with Crippen molar-refractivity contribution >= 4 is 0 Å². The predicted octanol–water partition coefficient (Wildman–Crippen LogP) is 2.54. The molecule has 0 bridgehead atoms. The molecule has 1 N–H and O–H groups in total. The highest BCUT2D eigenvalue weighted by Gasteiger charge is 2.32. The van der Waals surface area contributed by atoms with Crippen LogP contribution in [0.1, 0.15) is 23.7 Å². The van der Waals surface area contributed by atoms with Gasteiger partial charge in [0, 0.05) is 31.4 Å². The van der Waals surface area contributed by atoms with Gasteiger partial charge in [0.25, 0.3) is 0 Å². The molecule has 2 atom stereocenters. The zero-order chi connectivity index (χ0) is 15.5.